The van der Waals surface area contributed by atoms with Crippen molar-refractivity contribution in [2.24, 2.45) is 0 Å². The second kappa shape index (κ2) is 9.81. The van der Waals surface area contributed by atoms with Crippen LogP contribution in [0.15, 0.2) is 48.8 Å². The number of aromatic nitrogens is 1. The van der Waals surface area contributed by atoms with Crippen molar-refractivity contribution in [3.8, 4) is 11.5 Å². The quantitative estimate of drug-likeness (QED) is 0.685. The van der Waals surface area contributed by atoms with Gasteiger partial charge >= 0.3 is 0 Å². The van der Waals surface area contributed by atoms with Gasteiger partial charge in [0.25, 0.3) is 0 Å². The average Bonchev–Trinajstić information content (AvgIpc) is 3.49. The minimum atomic E-state index is -0.455. The molecule has 2 saturated heterocycles. The van der Waals surface area contributed by atoms with Crippen LogP contribution in [-0.2, 0) is 16.0 Å². The molecular weight excluding hydrogens is 394 g/mol. The molecule has 2 fully saturated rings. The molecule has 31 heavy (non-hydrogen) atoms. The van der Waals surface area contributed by atoms with E-state index in [-0.39, 0.29) is 17.9 Å². The second-order valence-corrected chi connectivity index (χ2v) is 8.11. The van der Waals surface area contributed by atoms with E-state index in [0.717, 1.165) is 37.2 Å². The third-order valence-corrected chi connectivity index (χ3v) is 6.01. The molecule has 7 nitrogen and oxygen atoms in total. The van der Waals surface area contributed by atoms with Crippen molar-refractivity contribution in [1.29, 1.82) is 0 Å². The number of ether oxygens (including phenoxy) is 2. The lowest BCUT2D eigenvalue weighted by molar-refractivity contribution is -0.143. The van der Waals surface area contributed by atoms with Gasteiger partial charge in [0.2, 0.25) is 11.8 Å². The Bertz CT molecular complexity index is 881. The third kappa shape index (κ3) is 5.16. The van der Waals surface area contributed by atoms with Crippen molar-refractivity contribution in [2.75, 3.05) is 26.7 Å². The summed E-state index contributed by atoms with van der Waals surface area (Å²) in [5, 5.41) is 0. The third-order valence-electron chi connectivity index (χ3n) is 6.01. The van der Waals surface area contributed by atoms with Crippen LogP contribution in [0.4, 0.5) is 0 Å². The summed E-state index contributed by atoms with van der Waals surface area (Å²) in [6, 6.07) is 10.9. The first-order valence-corrected chi connectivity index (χ1v) is 10.9. The molecule has 0 bridgehead atoms. The molecule has 4 rings (SSSR count). The summed E-state index contributed by atoms with van der Waals surface area (Å²) in [6.45, 7) is 1.97. The summed E-state index contributed by atoms with van der Waals surface area (Å²) < 4.78 is 11.2. The molecule has 2 aromatic rings. The molecule has 1 aromatic carbocycles. The second-order valence-electron chi connectivity index (χ2n) is 8.11. The monoisotopic (exact) mass is 423 g/mol. The lowest BCUT2D eigenvalue weighted by atomic mass is 10.1. The fourth-order valence-corrected chi connectivity index (χ4v) is 4.34. The van der Waals surface area contributed by atoms with Crippen LogP contribution in [0.2, 0.25) is 0 Å². The number of benzene rings is 1. The molecule has 3 heterocycles. The lowest BCUT2D eigenvalue weighted by Crippen LogP contribution is -2.47. The fraction of sp³-hybridized carbons (Fsp3) is 0.458. The van der Waals surface area contributed by atoms with E-state index >= 15 is 0 Å². The molecule has 2 aliphatic heterocycles. The first-order chi connectivity index (χ1) is 15.1. The van der Waals surface area contributed by atoms with Gasteiger partial charge < -0.3 is 19.3 Å². The molecule has 0 radical (unpaired) electrons. The van der Waals surface area contributed by atoms with Gasteiger partial charge in [-0.3, -0.25) is 14.6 Å². The largest absolute Gasteiger partial charge is 0.497 e. The maximum absolute atomic E-state index is 13.2. The molecule has 0 aliphatic carbocycles. The van der Waals surface area contributed by atoms with E-state index in [0.29, 0.717) is 31.6 Å². The maximum atomic E-state index is 13.2. The van der Waals surface area contributed by atoms with Gasteiger partial charge in [-0.15, -0.1) is 0 Å². The highest BCUT2D eigenvalue weighted by atomic mass is 16.5. The Hall–Kier alpha value is -3.09. The molecule has 2 aliphatic rings. The smallest absolute Gasteiger partial charge is 0.245 e. The number of nitrogens with zero attached hydrogens (tertiary/aromatic N) is 3. The van der Waals surface area contributed by atoms with Gasteiger partial charge in [0, 0.05) is 32.1 Å². The highest BCUT2D eigenvalue weighted by molar-refractivity contribution is 5.88. The van der Waals surface area contributed by atoms with Crippen LogP contribution in [0.25, 0.3) is 0 Å². The van der Waals surface area contributed by atoms with Gasteiger partial charge in [0.1, 0.15) is 23.6 Å². The number of hydrogen-bond acceptors (Lipinski definition) is 5. The number of aryl methyl sites for hydroxylation is 1. The summed E-state index contributed by atoms with van der Waals surface area (Å²) >= 11 is 0. The molecule has 7 heteroatoms. The summed E-state index contributed by atoms with van der Waals surface area (Å²) in [7, 11) is 1.63. The zero-order chi connectivity index (χ0) is 21.6. The maximum Gasteiger partial charge on any atom is 0.245 e. The number of hydrogen-bond donors (Lipinski definition) is 0. The van der Waals surface area contributed by atoms with Gasteiger partial charge in [-0.1, -0.05) is 12.1 Å². The molecule has 0 unspecified atom stereocenters. The highest BCUT2D eigenvalue weighted by Gasteiger charge is 2.42. The van der Waals surface area contributed by atoms with Crippen LogP contribution in [0.1, 0.15) is 31.2 Å². The van der Waals surface area contributed by atoms with E-state index < -0.39 is 6.04 Å². The minimum absolute atomic E-state index is 0.00866. The van der Waals surface area contributed by atoms with Crippen molar-refractivity contribution < 1.29 is 19.1 Å². The molecule has 2 amide bonds. The fourth-order valence-electron chi connectivity index (χ4n) is 4.34. The molecule has 0 saturated carbocycles. The Kier molecular flexibility index (Phi) is 6.70. The van der Waals surface area contributed by atoms with Crippen LogP contribution in [-0.4, -0.2) is 65.5 Å². The number of pyridine rings is 1. The van der Waals surface area contributed by atoms with E-state index in [9.17, 15) is 9.59 Å². The Balaban J connectivity index is 1.43. The lowest BCUT2D eigenvalue weighted by Gasteiger charge is -2.27. The van der Waals surface area contributed by atoms with Crippen LogP contribution in [0.3, 0.4) is 0 Å². The molecule has 2 atom stereocenters. The van der Waals surface area contributed by atoms with Crippen LogP contribution in [0.5, 0.6) is 11.5 Å². The van der Waals surface area contributed by atoms with Crippen molar-refractivity contribution >= 4 is 11.8 Å². The van der Waals surface area contributed by atoms with Crippen molar-refractivity contribution in [3.05, 3.63) is 54.4 Å². The van der Waals surface area contributed by atoms with Gasteiger partial charge in [0.05, 0.1) is 19.9 Å². The van der Waals surface area contributed by atoms with Gasteiger partial charge in [0.15, 0.2) is 0 Å². The summed E-state index contributed by atoms with van der Waals surface area (Å²) in [4.78, 5) is 34.0. The average molecular weight is 424 g/mol. The number of carbonyl (C=O) groups excluding carboxylic acids is 2. The predicted molar refractivity (Wildman–Crippen MR) is 116 cm³/mol. The van der Waals surface area contributed by atoms with Gasteiger partial charge in [-0.05, 0) is 49.1 Å². The Morgan fingerprint density at radius 3 is 2.55 bits per heavy atom. The van der Waals surface area contributed by atoms with Crippen molar-refractivity contribution in [3.63, 3.8) is 0 Å². The van der Waals surface area contributed by atoms with Gasteiger partial charge in [-0.25, -0.2) is 0 Å². The molecule has 1 aromatic heterocycles. The number of methoxy groups -OCH3 is 1. The summed E-state index contributed by atoms with van der Waals surface area (Å²) in [6.07, 6.45) is 6.68. The standard InChI is InChI=1S/C24H29N3O4/c1-30-19-9-6-18(7-10-19)8-11-23(28)27-17-21(31-20-5-4-12-25-16-20)15-22(27)24(29)26-13-2-3-14-26/h4-7,9-10,12,16,21-22H,2-3,8,11,13-15,17H2,1H3/t21-,22-/m0/s1. The molecule has 0 N–H and O–H groups in total. The zero-order valence-electron chi connectivity index (χ0n) is 17.9. The number of amides is 2. The molecule has 164 valence electrons. The van der Waals surface area contributed by atoms with Crippen molar-refractivity contribution in [2.45, 2.75) is 44.2 Å². The Morgan fingerprint density at radius 2 is 1.87 bits per heavy atom. The van der Waals surface area contributed by atoms with E-state index in [2.05, 4.69) is 4.98 Å². The Morgan fingerprint density at radius 1 is 1.10 bits per heavy atom. The SMILES string of the molecule is COc1ccc(CCC(=O)N2C[C@@H](Oc3cccnc3)C[C@H]2C(=O)N2CCCC2)cc1. The molecular formula is C24H29N3O4. The van der Waals surface area contributed by atoms with Crippen LogP contribution in [0, 0.1) is 0 Å². The van der Waals surface area contributed by atoms with E-state index in [1.54, 1.807) is 24.4 Å². The van der Waals surface area contributed by atoms with Crippen molar-refractivity contribution in [1.82, 2.24) is 14.8 Å². The van der Waals surface area contributed by atoms with Crippen LogP contribution >= 0.6 is 0 Å². The molecule has 0 spiro atoms. The highest BCUT2D eigenvalue weighted by Crippen LogP contribution is 2.26. The first kappa shape index (κ1) is 21.2. The zero-order valence-corrected chi connectivity index (χ0v) is 17.9. The van der Waals surface area contributed by atoms with E-state index in [4.69, 9.17) is 9.47 Å². The topological polar surface area (TPSA) is 72.0 Å². The normalized spacial score (nSPS) is 20.7. The van der Waals surface area contributed by atoms with Gasteiger partial charge in [-0.2, -0.15) is 0 Å². The Labute approximate surface area is 183 Å². The summed E-state index contributed by atoms with van der Waals surface area (Å²) in [5.74, 6) is 1.49. The number of rotatable bonds is 7. The number of carbonyl (C=O) groups is 2. The van der Waals surface area contributed by atoms with Crippen LogP contribution < -0.4 is 9.47 Å². The van der Waals surface area contributed by atoms with E-state index in [1.165, 1.54) is 0 Å². The minimum Gasteiger partial charge on any atom is -0.497 e. The van der Waals surface area contributed by atoms with E-state index in [1.807, 2.05) is 41.3 Å². The first-order valence-electron chi connectivity index (χ1n) is 10.9. The predicted octanol–water partition coefficient (Wildman–Crippen LogP) is 2.69. The number of likely N-dealkylation sites (tertiary alicyclic amines) is 2. The summed E-state index contributed by atoms with van der Waals surface area (Å²) in [5.41, 5.74) is 1.07.